The van der Waals surface area contributed by atoms with Gasteiger partial charge in [-0.15, -0.1) is 0 Å². The van der Waals surface area contributed by atoms with Crippen molar-refractivity contribution < 1.29 is 18.4 Å². The number of likely N-dealkylation sites (tertiary alicyclic amines) is 1. The summed E-state index contributed by atoms with van der Waals surface area (Å²) in [5, 5.41) is 1.63. The Morgan fingerprint density at radius 2 is 1.76 bits per heavy atom. The van der Waals surface area contributed by atoms with Gasteiger partial charge in [-0.2, -0.15) is 0 Å². The summed E-state index contributed by atoms with van der Waals surface area (Å²) in [4.78, 5) is 19.5. The number of hydroxylamine groups is 1. The predicted octanol–water partition coefficient (Wildman–Crippen LogP) is 4.34. The van der Waals surface area contributed by atoms with Crippen LogP contribution in [0.15, 0.2) is 42.7 Å². The first-order valence-corrected chi connectivity index (χ1v) is 12.5. The largest absolute Gasteiger partial charge is 0.495 e. The highest BCUT2D eigenvalue weighted by molar-refractivity contribution is 5.78. The molecular weight excluding hydrogens is 478 g/mol. The molecular formula is C27H30F2N6O2. The molecule has 2 N–H and O–H groups in total. The highest BCUT2D eigenvalue weighted by Gasteiger charge is 2.46. The van der Waals surface area contributed by atoms with Crippen molar-refractivity contribution in [2.75, 3.05) is 56.1 Å². The van der Waals surface area contributed by atoms with Crippen molar-refractivity contribution >= 4 is 23.0 Å². The maximum atomic E-state index is 14.0. The number of rotatable bonds is 4. The average molecular weight is 509 g/mol. The lowest BCUT2D eigenvalue weighted by Gasteiger charge is -2.38. The second kappa shape index (κ2) is 9.11. The molecule has 10 heteroatoms. The molecule has 2 saturated heterocycles. The number of methoxy groups -OCH3 is 1. The molecule has 3 aliphatic rings. The van der Waals surface area contributed by atoms with Crippen molar-refractivity contribution in [2.45, 2.75) is 30.7 Å². The summed E-state index contributed by atoms with van der Waals surface area (Å²) in [5.74, 6) is 0.694. The van der Waals surface area contributed by atoms with Gasteiger partial charge in [-0.3, -0.25) is 4.84 Å². The van der Waals surface area contributed by atoms with Gasteiger partial charge in [-0.25, -0.2) is 23.8 Å². The fourth-order valence-corrected chi connectivity index (χ4v) is 5.93. The van der Waals surface area contributed by atoms with E-state index in [1.807, 2.05) is 12.1 Å². The second-order valence-electron chi connectivity index (χ2n) is 10.2. The van der Waals surface area contributed by atoms with Gasteiger partial charge in [0.15, 0.2) is 5.82 Å². The lowest BCUT2D eigenvalue weighted by atomic mass is 9.74. The summed E-state index contributed by atoms with van der Waals surface area (Å²) < 4.78 is 33.5. The van der Waals surface area contributed by atoms with Crippen LogP contribution in [0.5, 0.6) is 5.75 Å². The van der Waals surface area contributed by atoms with Gasteiger partial charge >= 0.3 is 0 Å². The van der Waals surface area contributed by atoms with Crippen LogP contribution in [-0.2, 0) is 10.3 Å². The van der Waals surface area contributed by atoms with Gasteiger partial charge in [0.05, 0.1) is 25.4 Å². The third-order valence-electron chi connectivity index (χ3n) is 7.93. The number of ether oxygens (including phenoxy) is 1. The van der Waals surface area contributed by atoms with E-state index < -0.39 is 11.6 Å². The fraction of sp³-hybridized carbons (Fsp3) is 0.407. The number of piperidine rings is 1. The zero-order valence-corrected chi connectivity index (χ0v) is 21.0. The fourth-order valence-electron chi connectivity index (χ4n) is 5.93. The number of aromatic nitrogens is 2. The van der Waals surface area contributed by atoms with Gasteiger partial charge in [-0.05, 0) is 68.4 Å². The van der Waals surface area contributed by atoms with Crippen molar-refractivity contribution in [2.24, 2.45) is 0 Å². The minimum Gasteiger partial charge on any atom is -0.495 e. The Hall–Kier alpha value is -3.50. The molecule has 1 atom stereocenters. The van der Waals surface area contributed by atoms with Gasteiger partial charge < -0.3 is 20.3 Å². The molecule has 3 aromatic rings. The summed E-state index contributed by atoms with van der Waals surface area (Å²) in [7, 11) is 3.79. The van der Waals surface area contributed by atoms with E-state index in [1.165, 1.54) is 24.0 Å². The van der Waals surface area contributed by atoms with Crippen LogP contribution in [0.3, 0.4) is 0 Å². The molecule has 0 bridgehead atoms. The normalized spacial score (nSPS) is 21.0. The van der Waals surface area contributed by atoms with Crippen LogP contribution in [0.2, 0.25) is 0 Å². The molecule has 2 fully saturated rings. The number of benzene rings is 2. The van der Waals surface area contributed by atoms with Gasteiger partial charge in [0, 0.05) is 36.2 Å². The van der Waals surface area contributed by atoms with Crippen molar-refractivity contribution in [1.82, 2.24) is 14.9 Å². The van der Waals surface area contributed by atoms with Crippen LogP contribution in [-0.4, -0.2) is 55.3 Å². The van der Waals surface area contributed by atoms with Crippen LogP contribution in [0.1, 0.15) is 36.4 Å². The maximum Gasteiger partial charge on any atom is 0.158 e. The van der Waals surface area contributed by atoms with Crippen LogP contribution in [0.25, 0.3) is 0 Å². The lowest BCUT2D eigenvalue weighted by molar-refractivity contribution is 0.156. The van der Waals surface area contributed by atoms with E-state index in [4.69, 9.17) is 15.3 Å². The lowest BCUT2D eigenvalue weighted by Crippen LogP contribution is -2.43. The van der Waals surface area contributed by atoms with Crippen molar-refractivity contribution in [3.8, 4) is 5.75 Å². The van der Waals surface area contributed by atoms with Gasteiger partial charge in [0.1, 0.15) is 29.5 Å². The van der Waals surface area contributed by atoms with Crippen molar-refractivity contribution in [1.29, 1.82) is 0 Å². The highest BCUT2D eigenvalue weighted by Crippen LogP contribution is 2.52. The summed E-state index contributed by atoms with van der Waals surface area (Å²) in [6.45, 7) is 3.19. The molecule has 0 amide bonds. The SMILES string of the molecule is COc1cc2c(cc1N)N(c1cc(N3OCC[C@@H]3c3cc(F)cc(F)c3)ncn1)CC21CCN(C)CC1. The number of hydrogen-bond acceptors (Lipinski definition) is 8. The first-order valence-electron chi connectivity index (χ1n) is 12.5. The quantitative estimate of drug-likeness (QED) is 0.522. The van der Waals surface area contributed by atoms with E-state index >= 15 is 0 Å². The standard InChI is InChI=1S/C27H30F2N6O2/c1-33-6-4-27(5-7-33)15-34(23-13-21(30)24(36-2)12-20(23)27)25-14-26(32-16-31-25)35-22(3-8-37-35)17-9-18(28)11-19(29)10-17/h9-14,16,22H,3-8,15,30H2,1-2H3/t22-/m1/s1. The Morgan fingerprint density at radius 3 is 2.49 bits per heavy atom. The van der Waals surface area contributed by atoms with Crippen molar-refractivity contribution in [3.05, 3.63) is 65.5 Å². The first-order chi connectivity index (χ1) is 17.9. The predicted molar refractivity (Wildman–Crippen MR) is 137 cm³/mol. The van der Waals surface area contributed by atoms with Gasteiger partial charge in [0.25, 0.3) is 0 Å². The smallest absolute Gasteiger partial charge is 0.158 e. The summed E-state index contributed by atoms with van der Waals surface area (Å²) in [6, 6.07) is 9.11. The van der Waals surface area contributed by atoms with Crippen LogP contribution >= 0.6 is 0 Å². The Bertz CT molecular complexity index is 1310. The van der Waals surface area contributed by atoms with E-state index in [-0.39, 0.29) is 11.5 Å². The zero-order chi connectivity index (χ0) is 25.7. The number of fused-ring (bicyclic) bond motifs is 2. The maximum absolute atomic E-state index is 14.0. The van der Waals surface area contributed by atoms with E-state index in [1.54, 1.807) is 12.2 Å². The number of nitrogens with two attached hydrogens (primary N) is 1. The Morgan fingerprint density at radius 1 is 1.03 bits per heavy atom. The van der Waals surface area contributed by atoms with Crippen LogP contribution in [0, 0.1) is 11.6 Å². The van der Waals surface area contributed by atoms with Crippen molar-refractivity contribution in [3.63, 3.8) is 0 Å². The van der Waals surface area contributed by atoms with E-state index in [0.717, 1.165) is 44.2 Å². The number of halogens is 2. The molecule has 194 valence electrons. The molecule has 4 heterocycles. The highest BCUT2D eigenvalue weighted by atomic mass is 19.1. The topological polar surface area (TPSA) is 80.0 Å². The van der Waals surface area contributed by atoms with Crippen LogP contribution in [0.4, 0.5) is 31.8 Å². The van der Waals surface area contributed by atoms with E-state index in [0.29, 0.717) is 41.7 Å². The first kappa shape index (κ1) is 23.9. The zero-order valence-electron chi connectivity index (χ0n) is 21.0. The second-order valence-corrected chi connectivity index (χ2v) is 10.2. The monoisotopic (exact) mass is 508 g/mol. The molecule has 3 aliphatic heterocycles. The average Bonchev–Trinajstić information content (AvgIpc) is 3.49. The number of nitrogen functional groups attached to an aromatic ring is 1. The number of hydrogen-bond donors (Lipinski definition) is 1. The molecule has 0 radical (unpaired) electrons. The molecule has 2 aromatic carbocycles. The minimum absolute atomic E-state index is 0.0420. The Balaban J connectivity index is 1.37. The van der Waals surface area contributed by atoms with Crippen LogP contribution < -0.4 is 20.4 Å². The molecule has 1 spiro atoms. The third-order valence-corrected chi connectivity index (χ3v) is 7.93. The third kappa shape index (κ3) is 4.14. The summed E-state index contributed by atoms with van der Waals surface area (Å²) >= 11 is 0. The molecule has 6 rings (SSSR count). The Kier molecular flexibility index (Phi) is 5.88. The molecule has 37 heavy (non-hydrogen) atoms. The van der Waals surface area contributed by atoms with Gasteiger partial charge in [0.2, 0.25) is 0 Å². The Labute approximate surface area is 214 Å². The summed E-state index contributed by atoms with van der Waals surface area (Å²) in [6.07, 6.45) is 4.12. The van der Waals surface area contributed by atoms with E-state index in [9.17, 15) is 8.78 Å². The van der Waals surface area contributed by atoms with Gasteiger partial charge in [-0.1, -0.05) is 0 Å². The minimum atomic E-state index is -0.615. The molecule has 0 unspecified atom stereocenters. The number of anilines is 4. The molecule has 0 aliphatic carbocycles. The number of nitrogens with zero attached hydrogens (tertiary/aromatic N) is 5. The van der Waals surface area contributed by atoms with E-state index in [2.05, 4.69) is 32.9 Å². The summed E-state index contributed by atoms with van der Waals surface area (Å²) in [5.41, 5.74) is 9.61. The molecule has 1 aromatic heterocycles. The molecule has 8 nitrogen and oxygen atoms in total. The molecule has 0 saturated carbocycles.